The van der Waals surface area contributed by atoms with Gasteiger partial charge in [0.05, 0.1) is 12.8 Å². The highest BCUT2D eigenvalue weighted by Gasteiger charge is 2.12. The van der Waals surface area contributed by atoms with Crippen molar-refractivity contribution in [1.82, 2.24) is 9.99 Å². The third-order valence-electron chi connectivity index (χ3n) is 3.44. The minimum atomic E-state index is -0.583. The van der Waals surface area contributed by atoms with Crippen LogP contribution in [0.25, 0.3) is 0 Å². The summed E-state index contributed by atoms with van der Waals surface area (Å²) in [5.41, 5.74) is 2.62. The van der Waals surface area contributed by atoms with Crippen LogP contribution in [0.5, 0.6) is 11.5 Å². The van der Waals surface area contributed by atoms with Gasteiger partial charge in [-0.1, -0.05) is 0 Å². The number of nitrogens with one attached hydrogen (secondary N) is 1. The van der Waals surface area contributed by atoms with Gasteiger partial charge in [-0.2, -0.15) is 5.10 Å². The van der Waals surface area contributed by atoms with Gasteiger partial charge in [0.2, 0.25) is 0 Å². The van der Waals surface area contributed by atoms with E-state index in [1.54, 1.807) is 24.4 Å². The summed E-state index contributed by atoms with van der Waals surface area (Å²) in [4.78, 5) is 24.4. The maximum Gasteiger partial charge on any atom is 0.276 e. The van der Waals surface area contributed by atoms with Crippen LogP contribution in [0.1, 0.15) is 42.7 Å². The van der Waals surface area contributed by atoms with Gasteiger partial charge in [-0.3, -0.25) is 9.59 Å². The summed E-state index contributed by atoms with van der Waals surface area (Å²) >= 11 is 0. The van der Waals surface area contributed by atoms with E-state index in [0.717, 1.165) is 0 Å². The highest BCUT2D eigenvalue weighted by molar-refractivity contribution is 5.94. The van der Waals surface area contributed by atoms with Crippen molar-refractivity contribution in [1.29, 1.82) is 0 Å². The number of carbonyl (C=O) groups excluding carboxylic acids is 1. The Kier molecular flexibility index (Phi) is 5.94. The van der Waals surface area contributed by atoms with Crippen LogP contribution in [0.3, 0.4) is 0 Å². The van der Waals surface area contributed by atoms with Gasteiger partial charge in [0.1, 0.15) is 5.56 Å². The Morgan fingerprint density at radius 3 is 2.84 bits per heavy atom. The summed E-state index contributed by atoms with van der Waals surface area (Å²) in [6.45, 7) is 5.95. The smallest absolute Gasteiger partial charge is 0.276 e. The number of ether oxygens (including phenoxy) is 1. The van der Waals surface area contributed by atoms with Crippen molar-refractivity contribution in [3.8, 4) is 11.5 Å². The monoisotopic (exact) mass is 343 g/mol. The predicted octanol–water partition coefficient (Wildman–Crippen LogP) is 2.30. The molecule has 1 amide bonds. The summed E-state index contributed by atoms with van der Waals surface area (Å²) < 4.78 is 6.76. The Balaban J connectivity index is 2.13. The van der Waals surface area contributed by atoms with Gasteiger partial charge in [-0.15, -0.1) is 0 Å². The second kappa shape index (κ2) is 8.14. The third kappa shape index (κ3) is 4.47. The van der Waals surface area contributed by atoms with Gasteiger partial charge >= 0.3 is 0 Å². The standard InChI is InChI=1S/C18H21N3O4/c1-4-25-16-10-13(7-8-15(16)22)11-19-20-17(23)14-6-5-9-21(12(2)3)18(14)24/h5-12,22H,4H2,1-3H3,(H,20,23)/b19-11-. The molecule has 0 aliphatic carbocycles. The number of phenolic OH excluding ortho intramolecular Hbond substituents is 1. The van der Waals surface area contributed by atoms with Crippen LogP contribution in [-0.4, -0.2) is 28.4 Å². The fourth-order valence-corrected chi connectivity index (χ4v) is 2.20. The third-order valence-corrected chi connectivity index (χ3v) is 3.44. The molecule has 0 radical (unpaired) electrons. The Bertz CT molecular complexity index is 840. The van der Waals surface area contributed by atoms with Crippen LogP contribution >= 0.6 is 0 Å². The van der Waals surface area contributed by atoms with Gasteiger partial charge in [0, 0.05) is 12.2 Å². The molecule has 0 unspecified atom stereocenters. The fraction of sp³-hybridized carbons (Fsp3) is 0.278. The molecule has 7 nitrogen and oxygen atoms in total. The van der Waals surface area contributed by atoms with E-state index >= 15 is 0 Å². The number of aromatic nitrogens is 1. The van der Waals surface area contributed by atoms with Crippen LogP contribution in [-0.2, 0) is 0 Å². The number of aromatic hydroxyl groups is 1. The molecular formula is C18H21N3O4. The minimum Gasteiger partial charge on any atom is -0.504 e. The number of amides is 1. The molecule has 1 aromatic carbocycles. The molecular weight excluding hydrogens is 322 g/mol. The molecule has 0 fully saturated rings. The number of pyridine rings is 1. The van der Waals surface area contributed by atoms with Crippen molar-refractivity contribution in [3.05, 3.63) is 58.0 Å². The number of benzene rings is 1. The van der Waals surface area contributed by atoms with E-state index in [4.69, 9.17) is 4.74 Å². The molecule has 1 heterocycles. The molecule has 2 rings (SSSR count). The van der Waals surface area contributed by atoms with Crippen LogP contribution in [0.2, 0.25) is 0 Å². The average Bonchev–Trinajstić information content (AvgIpc) is 2.57. The van der Waals surface area contributed by atoms with Crippen molar-refractivity contribution >= 4 is 12.1 Å². The molecule has 2 aromatic rings. The summed E-state index contributed by atoms with van der Waals surface area (Å²) in [6, 6.07) is 7.77. The van der Waals surface area contributed by atoms with Gasteiger partial charge in [0.15, 0.2) is 11.5 Å². The van der Waals surface area contributed by atoms with Crippen LogP contribution in [0.4, 0.5) is 0 Å². The van der Waals surface area contributed by atoms with Gasteiger partial charge in [-0.25, -0.2) is 5.43 Å². The van der Waals surface area contributed by atoms with Crippen molar-refractivity contribution in [2.75, 3.05) is 6.61 Å². The summed E-state index contributed by atoms with van der Waals surface area (Å²) in [5, 5.41) is 13.5. The Hall–Kier alpha value is -3.09. The molecule has 0 aliphatic rings. The molecule has 0 bridgehead atoms. The largest absolute Gasteiger partial charge is 0.504 e. The Morgan fingerprint density at radius 1 is 1.40 bits per heavy atom. The summed E-state index contributed by atoms with van der Waals surface area (Å²) in [7, 11) is 0. The number of hydrogen-bond donors (Lipinski definition) is 2. The lowest BCUT2D eigenvalue weighted by Gasteiger charge is -2.10. The molecule has 0 atom stereocenters. The number of rotatable bonds is 6. The molecule has 7 heteroatoms. The topological polar surface area (TPSA) is 92.9 Å². The molecule has 0 saturated heterocycles. The quantitative estimate of drug-likeness (QED) is 0.622. The molecule has 25 heavy (non-hydrogen) atoms. The minimum absolute atomic E-state index is 0.0223. The van der Waals surface area contributed by atoms with Gasteiger partial charge in [-0.05, 0) is 56.7 Å². The Morgan fingerprint density at radius 2 is 2.16 bits per heavy atom. The average molecular weight is 343 g/mol. The van der Waals surface area contributed by atoms with E-state index in [0.29, 0.717) is 17.9 Å². The predicted molar refractivity (Wildman–Crippen MR) is 95.4 cm³/mol. The number of nitrogens with zero attached hydrogens (tertiary/aromatic N) is 2. The highest BCUT2D eigenvalue weighted by atomic mass is 16.5. The molecule has 0 spiro atoms. The first kappa shape index (κ1) is 18.3. The number of hydrogen-bond acceptors (Lipinski definition) is 5. The lowest BCUT2D eigenvalue weighted by Crippen LogP contribution is -2.31. The van der Waals surface area contributed by atoms with E-state index in [2.05, 4.69) is 10.5 Å². The van der Waals surface area contributed by atoms with E-state index in [-0.39, 0.29) is 22.9 Å². The molecule has 0 saturated carbocycles. The SMILES string of the molecule is CCOc1cc(/C=N\NC(=O)c2cccn(C(C)C)c2=O)ccc1O. The van der Waals surface area contributed by atoms with Crippen molar-refractivity contribution in [3.63, 3.8) is 0 Å². The van der Waals surface area contributed by atoms with Crippen LogP contribution in [0, 0.1) is 0 Å². The van der Waals surface area contributed by atoms with Crippen LogP contribution < -0.4 is 15.7 Å². The van der Waals surface area contributed by atoms with E-state index in [1.807, 2.05) is 20.8 Å². The number of hydrazone groups is 1. The van der Waals surface area contributed by atoms with Gasteiger partial charge in [0.25, 0.3) is 11.5 Å². The highest BCUT2D eigenvalue weighted by Crippen LogP contribution is 2.26. The number of carbonyl (C=O) groups is 1. The lowest BCUT2D eigenvalue weighted by atomic mass is 10.2. The number of phenols is 1. The zero-order chi connectivity index (χ0) is 18.4. The maximum atomic E-state index is 12.2. The van der Waals surface area contributed by atoms with Crippen molar-refractivity contribution in [2.45, 2.75) is 26.8 Å². The first-order valence-corrected chi connectivity index (χ1v) is 7.94. The second-order valence-electron chi connectivity index (χ2n) is 5.59. The van der Waals surface area contributed by atoms with Crippen molar-refractivity contribution < 1.29 is 14.6 Å². The Labute approximate surface area is 145 Å². The summed E-state index contributed by atoms with van der Waals surface area (Å²) in [6.07, 6.45) is 3.04. The molecule has 1 aromatic heterocycles. The molecule has 132 valence electrons. The summed E-state index contributed by atoms with van der Waals surface area (Å²) in [5.74, 6) is -0.220. The van der Waals surface area contributed by atoms with Crippen LogP contribution in [0.15, 0.2) is 46.4 Å². The molecule has 2 N–H and O–H groups in total. The normalized spacial score (nSPS) is 11.0. The fourth-order valence-electron chi connectivity index (χ4n) is 2.20. The second-order valence-corrected chi connectivity index (χ2v) is 5.59. The van der Waals surface area contributed by atoms with Crippen molar-refractivity contribution in [2.24, 2.45) is 5.10 Å². The zero-order valence-corrected chi connectivity index (χ0v) is 14.4. The lowest BCUT2D eigenvalue weighted by molar-refractivity contribution is 0.0953. The van der Waals surface area contributed by atoms with E-state index in [9.17, 15) is 14.7 Å². The van der Waals surface area contributed by atoms with E-state index in [1.165, 1.54) is 22.9 Å². The molecule has 0 aliphatic heterocycles. The first-order valence-electron chi connectivity index (χ1n) is 7.94. The van der Waals surface area contributed by atoms with Gasteiger partial charge < -0.3 is 14.4 Å². The first-order chi connectivity index (χ1) is 11.9. The zero-order valence-electron chi connectivity index (χ0n) is 14.4. The maximum absolute atomic E-state index is 12.2. The van der Waals surface area contributed by atoms with E-state index < -0.39 is 5.91 Å².